The number of rotatable bonds is 9. The second kappa shape index (κ2) is 10.1. The lowest BCUT2D eigenvalue weighted by molar-refractivity contribution is 0.0796. The fraction of sp³-hybridized carbons (Fsp3) is 0.440. The summed E-state index contributed by atoms with van der Waals surface area (Å²) in [6.07, 6.45) is 2.57. The Morgan fingerprint density at radius 3 is 1.45 bits per heavy atom. The molecule has 3 nitrogen and oxygen atoms in total. The van der Waals surface area contributed by atoms with E-state index in [-0.39, 0.29) is 20.0 Å². The zero-order valence-corrected chi connectivity index (χ0v) is 19.4. The second-order valence-corrected chi connectivity index (χ2v) is 9.01. The van der Waals surface area contributed by atoms with Gasteiger partial charge in [-0.3, -0.25) is 9.59 Å². The number of hydrogen-bond donors (Lipinski definition) is 0. The summed E-state index contributed by atoms with van der Waals surface area (Å²) < 4.78 is 10.8. The van der Waals surface area contributed by atoms with E-state index in [9.17, 15) is 14.2 Å². The van der Waals surface area contributed by atoms with Crippen molar-refractivity contribution >= 4 is 20.0 Å². The molecule has 0 fully saturated rings. The van der Waals surface area contributed by atoms with E-state index < -0.39 is 5.92 Å². The molecule has 1 unspecified atom stereocenters. The van der Waals surface area contributed by atoms with Gasteiger partial charge in [-0.05, 0) is 83.1 Å². The molecule has 0 heterocycles. The van der Waals surface area contributed by atoms with Gasteiger partial charge in [-0.15, -0.1) is 0 Å². The molecule has 2 rings (SSSR count). The topological polar surface area (TPSA) is 51.2 Å². The lowest BCUT2D eigenvalue weighted by Crippen LogP contribution is -2.27. The molecule has 0 N–H and O–H groups in total. The normalized spacial score (nSPS) is 11.3. The highest BCUT2D eigenvalue weighted by atomic mass is 31.1. The van der Waals surface area contributed by atoms with Gasteiger partial charge in [0.05, 0.1) is 5.92 Å². The highest BCUT2D eigenvalue weighted by Gasteiger charge is 2.31. The molecule has 154 valence electrons. The molecule has 4 heteroatoms. The van der Waals surface area contributed by atoms with Crippen LogP contribution >= 0.6 is 8.46 Å². The van der Waals surface area contributed by atoms with Gasteiger partial charge in [-0.2, -0.15) is 0 Å². The Balaban J connectivity index is 2.48. The van der Waals surface area contributed by atoms with E-state index in [4.69, 9.17) is 0 Å². The molecule has 0 amide bonds. The number of Topliss-reactive ketones (excluding diaryl/α,β-unsaturated/α-hetero) is 2. The van der Waals surface area contributed by atoms with Gasteiger partial charge in [0.25, 0.3) is 0 Å². The summed E-state index contributed by atoms with van der Waals surface area (Å²) in [5.41, 5.74) is 7.24. The minimum absolute atomic E-state index is 0.0889. The van der Waals surface area contributed by atoms with Crippen LogP contribution in [-0.2, 0) is 4.57 Å². The molecule has 0 aromatic heterocycles. The van der Waals surface area contributed by atoms with Crippen LogP contribution in [0.25, 0.3) is 0 Å². The molecule has 0 saturated heterocycles. The summed E-state index contributed by atoms with van der Waals surface area (Å²) in [4.78, 5) is 27.2. The summed E-state index contributed by atoms with van der Waals surface area (Å²) in [5, 5.41) is 0. The lowest BCUT2D eigenvalue weighted by Gasteiger charge is -2.20. The summed E-state index contributed by atoms with van der Waals surface area (Å²) in [5.74, 6) is -0.881. The molecular weight excluding hydrogens is 379 g/mol. The van der Waals surface area contributed by atoms with Gasteiger partial charge < -0.3 is 0 Å². The highest BCUT2D eigenvalue weighted by molar-refractivity contribution is 7.23. The van der Waals surface area contributed by atoms with E-state index in [1.165, 1.54) is 0 Å². The first-order valence-electron chi connectivity index (χ1n) is 10.3. The molecule has 0 spiro atoms. The van der Waals surface area contributed by atoms with Crippen LogP contribution in [0.4, 0.5) is 0 Å². The minimum Gasteiger partial charge on any atom is -0.293 e. The Hall–Kier alpha value is -2.12. The average Bonchev–Trinajstić information content (AvgIpc) is 2.59. The highest BCUT2D eigenvalue weighted by Crippen LogP contribution is 2.28. The Kier molecular flexibility index (Phi) is 8.05. The molecular formula is C25H32O3P+. The molecule has 0 saturated carbocycles. The zero-order chi connectivity index (χ0) is 21.7. The lowest BCUT2D eigenvalue weighted by atomic mass is 9.81. The molecule has 0 radical (unpaired) electrons. The number of ketones is 2. The van der Waals surface area contributed by atoms with Crippen molar-refractivity contribution in [1.29, 1.82) is 0 Å². The number of unbranched alkanes of at least 4 members (excludes halogenated alkanes) is 1. The van der Waals surface area contributed by atoms with E-state index in [0.29, 0.717) is 30.1 Å². The van der Waals surface area contributed by atoms with E-state index in [1.807, 2.05) is 65.8 Å². The Bertz CT molecular complexity index is 828. The largest absolute Gasteiger partial charge is 0.324 e. The summed E-state index contributed by atoms with van der Waals surface area (Å²) in [6.45, 7) is 11.8. The fourth-order valence-electron chi connectivity index (χ4n) is 4.41. The molecule has 1 atom stereocenters. The number of benzene rings is 2. The van der Waals surface area contributed by atoms with Crippen LogP contribution in [-0.4, -0.2) is 17.7 Å². The standard InChI is InChI=1S/C25H31O3P/c1-15-11-17(3)22(18(4)12-15)24(26)21(9-7-8-10-29-28)25(27)23-19(5)13-16(2)14-20(23)6/h11-14,21H,7-10H2,1-6H3/p+1. The smallest absolute Gasteiger partial charge is 0.293 e. The quantitative estimate of drug-likeness (QED) is 0.207. The SMILES string of the molecule is Cc1cc(C)c(C(=O)C(CCCC[PH+]=O)C(=O)c2c(C)cc(C)cc2C)c(C)c1. The van der Waals surface area contributed by atoms with Crippen LogP contribution in [0, 0.1) is 47.5 Å². The third kappa shape index (κ3) is 5.48. The first kappa shape index (κ1) is 23.2. The van der Waals surface area contributed by atoms with E-state index in [0.717, 1.165) is 39.8 Å². The Morgan fingerprint density at radius 2 is 1.10 bits per heavy atom. The van der Waals surface area contributed by atoms with Crippen molar-refractivity contribution in [2.24, 2.45) is 5.92 Å². The second-order valence-electron chi connectivity index (χ2n) is 8.22. The van der Waals surface area contributed by atoms with Crippen molar-refractivity contribution in [3.8, 4) is 0 Å². The van der Waals surface area contributed by atoms with Crippen LogP contribution in [0.3, 0.4) is 0 Å². The van der Waals surface area contributed by atoms with E-state index in [1.54, 1.807) is 0 Å². The van der Waals surface area contributed by atoms with Gasteiger partial charge in [0.2, 0.25) is 0 Å². The third-order valence-electron chi connectivity index (χ3n) is 5.50. The first-order valence-corrected chi connectivity index (χ1v) is 11.4. The molecule has 0 aliphatic heterocycles. The first-order chi connectivity index (χ1) is 13.7. The monoisotopic (exact) mass is 411 g/mol. The minimum atomic E-state index is -0.704. The predicted octanol–water partition coefficient (Wildman–Crippen LogP) is 6.41. The van der Waals surface area contributed by atoms with Gasteiger partial charge >= 0.3 is 8.46 Å². The number of carbonyl (C=O) groups excluding carboxylic acids is 2. The molecule has 2 aromatic carbocycles. The van der Waals surface area contributed by atoms with Crippen LogP contribution in [0.5, 0.6) is 0 Å². The van der Waals surface area contributed by atoms with Crippen LogP contribution in [0.1, 0.15) is 73.4 Å². The van der Waals surface area contributed by atoms with Gasteiger partial charge in [-0.1, -0.05) is 40.0 Å². The third-order valence-corrected chi connectivity index (χ3v) is 6.06. The van der Waals surface area contributed by atoms with Gasteiger partial charge in [0, 0.05) is 11.1 Å². The number of aryl methyl sites for hydroxylation is 6. The summed E-state index contributed by atoms with van der Waals surface area (Å²) in [7, 11) is -0.335. The fourth-order valence-corrected chi connectivity index (χ4v) is 4.81. The van der Waals surface area contributed by atoms with Crippen LogP contribution in [0.15, 0.2) is 24.3 Å². The molecule has 2 aromatic rings. The maximum atomic E-state index is 13.6. The number of hydrogen-bond acceptors (Lipinski definition) is 3. The van der Waals surface area contributed by atoms with Crippen LogP contribution in [0.2, 0.25) is 0 Å². The van der Waals surface area contributed by atoms with E-state index >= 15 is 0 Å². The average molecular weight is 412 g/mol. The molecule has 29 heavy (non-hydrogen) atoms. The molecule has 0 aliphatic carbocycles. The van der Waals surface area contributed by atoms with Crippen molar-refractivity contribution in [3.05, 3.63) is 68.8 Å². The van der Waals surface area contributed by atoms with Crippen molar-refractivity contribution in [2.75, 3.05) is 6.16 Å². The van der Waals surface area contributed by atoms with Gasteiger partial charge in [0.15, 0.2) is 11.6 Å². The van der Waals surface area contributed by atoms with Crippen molar-refractivity contribution in [2.45, 2.75) is 60.8 Å². The predicted molar refractivity (Wildman–Crippen MR) is 121 cm³/mol. The van der Waals surface area contributed by atoms with Crippen molar-refractivity contribution in [1.82, 2.24) is 0 Å². The number of carbonyl (C=O) groups is 2. The van der Waals surface area contributed by atoms with Gasteiger partial charge in [-0.25, -0.2) is 0 Å². The van der Waals surface area contributed by atoms with E-state index in [2.05, 4.69) is 0 Å². The van der Waals surface area contributed by atoms with Crippen LogP contribution < -0.4 is 0 Å². The maximum absolute atomic E-state index is 13.6. The molecule has 0 aliphatic rings. The van der Waals surface area contributed by atoms with Gasteiger partial charge in [0.1, 0.15) is 6.16 Å². The zero-order valence-electron chi connectivity index (χ0n) is 18.4. The maximum Gasteiger partial charge on any atom is 0.324 e. The summed E-state index contributed by atoms with van der Waals surface area (Å²) >= 11 is 0. The van der Waals surface area contributed by atoms with Crippen molar-refractivity contribution in [3.63, 3.8) is 0 Å². The van der Waals surface area contributed by atoms with Crippen molar-refractivity contribution < 1.29 is 14.2 Å². The Morgan fingerprint density at radius 1 is 0.724 bits per heavy atom. The summed E-state index contributed by atoms with van der Waals surface area (Å²) in [6, 6.07) is 8.01. The Labute approximate surface area is 176 Å². The molecule has 0 bridgehead atoms.